The summed E-state index contributed by atoms with van der Waals surface area (Å²) in [5, 5.41) is 5.23. The summed E-state index contributed by atoms with van der Waals surface area (Å²) in [5.41, 5.74) is 3.08. The van der Waals surface area contributed by atoms with Crippen LogP contribution in [-0.4, -0.2) is 30.3 Å². The summed E-state index contributed by atoms with van der Waals surface area (Å²) in [5.74, 6) is -0.446. The Labute approximate surface area is 177 Å². The van der Waals surface area contributed by atoms with Gasteiger partial charge in [-0.05, 0) is 56.9 Å². The molecule has 0 aliphatic carbocycles. The van der Waals surface area contributed by atoms with Gasteiger partial charge in [-0.3, -0.25) is 9.59 Å². The Kier molecular flexibility index (Phi) is 7.15. The van der Waals surface area contributed by atoms with E-state index in [4.69, 9.17) is 11.6 Å². The lowest BCUT2D eigenvalue weighted by atomic mass is 10.0. The molecule has 0 saturated carbocycles. The number of nitrogens with zero attached hydrogens (tertiary/aromatic N) is 1. The van der Waals surface area contributed by atoms with Crippen LogP contribution in [0.2, 0.25) is 0 Å². The third-order valence-electron chi connectivity index (χ3n) is 5.21. The van der Waals surface area contributed by atoms with Crippen LogP contribution < -0.4 is 15.5 Å². The molecule has 0 bridgehead atoms. The molecule has 1 aliphatic heterocycles. The van der Waals surface area contributed by atoms with Gasteiger partial charge >= 0.3 is 0 Å². The minimum atomic E-state index is -0.646. The van der Waals surface area contributed by atoms with Gasteiger partial charge in [-0.25, -0.2) is 0 Å². The van der Waals surface area contributed by atoms with Crippen LogP contribution in [0.5, 0.6) is 0 Å². The highest BCUT2D eigenvalue weighted by atomic mass is 35.5. The number of carbonyl (C=O) groups is 2. The van der Waals surface area contributed by atoms with Gasteiger partial charge in [0.15, 0.2) is 0 Å². The van der Waals surface area contributed by atoms with Crippen LogP contribution in [0.3, 0.4) is 0 Å². The minimum Gasteiger partial charge on any atom is -0.371 e. The monoisotopic (exact) mass is 413 g/mol. The third-order valence-corrected chi connectivity index (χ3v) is 5.41. The smallest absolute Gasteiger partial charge is 0.253 e. The van der Waals surface area contributed by atoms with Gasteiger partial charge in [0.1, 0.15) is 5.38 Å². The van der Waals surface area contributed by atoms with Crippen LogP contribution >= 0.6 is 11.6 Å². The summed E-state index contributed by atoms with van der Waals surface area (Å²) in [6.45, 7) is 5.45. The van der Waals surface area contributed by atoms with E-state index in [0.29, 0.717) is 11.3 Å². The molecule has 5 nitrogen and oxygen atoms in total. The molecule has 0 radical (unpaired) electrons. The fourth-order valence-corrected chi connectivity index (χ4v) is 3.60. The fraction of sp³-hybridized carbons (Fsp3) is 0.391. The van der Waals surface area contributed by atoms with Crippen LogP contribution in [0.25, 0.3) is 0 Å². The first kappa shape index (κ1) is 21.2. The minimum absolute atomic E-state index is 0.126. The SMILES string of the molecule is C[C@H](NC(=O)c1cc(NC(=O)[C@@H](C)Cl)ccc1N1CCCCC1)c1ccccc1. The second-order valence-electron chi connectivity index (χ2n) is 7.49. The molecule has 1 fully saturated rings. The summed E-state index contributed by atoms with van der Waals surface area (Å²) in [6, 6.07) is 15.2. The van der Waals surface area contributed by atoms with Crippen LogP contribution in [0.15, 0.2) is 48.5 Å². The Morgan fingerprint density at radius 3 is 2.34 bits per heavy atom. The van der Waals surface area contributed by atoms with Gasteiger partial charge in [0.05, 0.1) is 11.6 Å². The molecule has 1 aliphatic rings. The van der Waals surface area contributed by atoms with Crippen molar-refractivity contribution in [2.75, 3.05) is 23.3 Å². The topological polar surface area (TPSA) is 61.4 Å². The number of hydrogen-bond donors (Lipinski definition) is 2. The first-order valence-corrected chi connectivity index (χ1v) is 10.6. The summed E-state index contributed by atoms with van der Waals surface area (Å²) in [4.78, 5) is 27.4. The van der Waals surface area contributed by atoms with Crippen molar-refractivity contribution in [3.63, 3.8) is 0 Å². The molecule has 1 saturated heterocycles. The van der Waals surface area contributed by atoms with Gasteiger partial charge in [-0.1, -0.05) is 30.3 Å². The van der Waals surface area contributed by atoms with E-state index in [2.05, 4.69) is 15.5 Å². The number of nitrogens with one attached hydrogen (secondary N) is 2. The van der Waals surface area contributed by atoms with Crippen molar-refractivity contribution in [3.8, 4) is 0 Å². The number of alkyl halides is 1. The largest absolute Gasteiger partial charge is 0.371 e. The standard InChI is InChI=1S/C23H28ClN3O2/c1-16(24)22(28)26-19-11-12-21(27-13-7-4-8-14-27)20(15-19)23(29)25-17(2)18-9-5-3-6-10-18/h3,5-6,9-12,15-17H,4,7-8,13-14H2,1-2H3,(H,25,29)(H,26,28)/t16-,17+/m1/s1. The van der Waals surface area contributed by atoms with Crippen LogP contribution in [0, 0.1) is 0 Å². The van der Waals surface area contributed by atoms with Crippen LogP contribution in [-0.2, 0) is 4.79 Å². The highest BCUT2D eigenvalue weighted by Gasteiger charge is 2.21. The molecule has 2 aromatic carbocycles. The molecule has 2 atom stereocenters. The first-order chi connectivity index (χ1) is 14.0. The summed E-state index contributed by atoms with van der Waals surface area (Å²) < 4.78 is 0. The van der Waals surface area contributed by atoms with Gasteiger partial charge in [0, 0.05) is 24.5 Å². The summed E-state index contributed by atoms with van der Waals surface area (Å²) >= 11 is 5.87. The molecule has 29 heavy (non-hydrogen) atoms. The zero-order valence-electron chi connectivity index (χ0n) is 17.0. The lowest BCUT2D eigenvalue weighted by molar-refractivity contribution is -0.115. The van der Waals surface area contributed by atoms with Gasteiger partial charge in [-0.2, -0.15) is 0 Å². The molecule has 0 spiro atoms. The number of benzene rings is 2. The quantitative estimate of drug-likeness (QED) is 0.673. The van der Waals surface area contributed by atoms with Gasteiger partial charge in [-0.15, -0.1) is 11.6 Å². The fourth-order valence-electron chi connectivity index (χ4n) is 3.55. The van der Waals surface area contributed by atoms with Crippen molar-refractivity contribution < 1.29 is 9.59 Å². The predicted molar refractivity (Wildman–Crippen MR) is 119 cm³/mol. The predicted octanol–water partition coefficient (Wildman–Crippen LogP) is 4.73. The van der Waals surface area contributed by atoms with E-state index >= 15 is 0 Å². The van der Waals surface area contributed by atoms with E-state index in [1.807, 2.05) is 49.4 Å². The molecule has 2 aromatic rings. The number of amides is 2. The Balaban J connectivity index is 1.87. The lowest BCUT2D eigenvalue weighted by Gasteiger charge is -2.31. The number of rotatable bonds is 6. The normalized spacial score (nSPS) is 16.0. The number of halogens is 1. The zero-order valence-corrected chi connectivity index (χ0v) is 17.7. The highest BCUT2D eigenvalue weighted by molar-refractivity contribution is 6.32. The summed E-state index contributed by atoms with van der Waals surface area (Å²) in [6.07, 6.45) is 3.44. The Hall–Kier alpha value is -2.53. The van der Waals surface area contributed by atoms with Gasteiger partial charge in [0.2, 0.25) is 5.91 Å². The van der Waals surface area contributed by atoms with Crippen molar-refractivity contribution in [3.05, 3.63) is 59.7 Å². The summed E-state index contributed by atoms with van der Waals surface area (Å²) in [7, 11) is 0. The highest BCUT2D eigenvalue weighted by Crippen LogP contribution is 2.28. The maximum atomic E-state index is 13.2. The molecule has 2 N–H and O–H groups in total. The number of hydrogen-bond acceptors (Lipinski definition) is 3. The number of anilines is 2. The third kappa shape index (κ3) is 5.51. The molecule has 0 unspecified atom stereocenters. The molecule has 2 amide bonds. The number of carbonyl (C=O) groups excluding carboxylic acids is 2. The average molecular weight is 414 g/mol. The molecular weight excluding hydrogens is 386 g/mol. The van der Waals surface area contributed by atoms with Crippen molar-refractivity contribution in [1.29, 1.82) is 0 Å². The van der Waals surface area contributed by atoms with Crippen molar-refractivity contribution in [1.82, 2.24) is 5.32 Å². The van der Waals surface area contributed by atoms with E-state index in [-0.39, 0.29) is 17.9 Å². The van der Waals surface area contributed by atoms with Crippen molar-refractivity contribution in [2.45, 2.75) is 44.5 Å². The zero-order chi connectivity index (χ0) is 20.8. The molecule has 154 valence electrons. The maximum Gasteiger partial charge on any atom is 0.253 e. The molecule has 3 rings (SSSR count). The second kappa shape index (κ2) is 9.79. The van der Waals surface area contributed by atoms with Crippen molar-refractivity contribution in [2.24, 2.45) is 0 Å². The lowest BCUT2D eigenvalue weighted by Crippen LogP contribution is -2.33. The average Bonchev–Trinajstić information content (AvgIpc) is 2.74. The number of piperidine rings is 1. The van der Waals surface area contributed by atoms with Crippen molar-refractivity contribution >= 4 is 34.8 Å². The molecule has 1 heterocycles. The van der Waals surface area contributed by atoms with Gasteiger partial charge in [0.25, 0.3) is 5.91 Å². The van der Waals surface area contributed by atoms with E-state index < -0.39 is 5.38 Å². The molecular formula is C23H28ClN3O2. The van der Waals surface area contributed by atoms with Gasteiger partial charge < -0.3 is 15.5 Å². The van der Waals surface area contributed by atoms with E-state index in [1.165, 1.54) is 6.42 Å². The Bertz CT molecular complexity index is 848. The maximum absolute atomic E-state index is 13.2. The van der Waals surface area contributed by atoms with Crippen LogP contribution in [0.4, 0.5) is 11.4 Å². The molecule has 6 heteroatoms. The van der Waals surface area contributed by atoms with Crippen LogP contribution in [0.1, 0.15) is 55.1 Å². The molecule has 0 aromatic heterocycles. The first-order valence-electron chi connectivity index (χ1n) is 10.2. The second-order valence-corrected chi connectivity index (χ2v) is 8.15. The van der Waals surface area contributed by atoms with E-state index in [1.54, 1.807) is 13.0 Å². The Morgan fingerprint density at radius 2 is 1.69 bits per heavy atom. The Morgan fingerprint density at radius 1 is 1.00 bits per heavy atom. The van der Waals surface area contributed by atoms with E-state index in [9.17, 15) is 9.59 Å². The van der Waals surface area contributed by atoms with E-state index in [0.717, 1.165) is 37.2 Å².